The third-order valence-corrected chi connectivity index (χ3v) is 3.68. The standard InChI is InChI=1S/C18H17NO/c1-2-14-7-9-16(10-8-14)18(20)13-19-12-11-15-5-3-4-6-17(15)19/h3-12H,2,13H2,1H3. The number of aryl methyl sites for hydroxylation is 1. The molecule has 2 nitrogen and oxygen atoms in total. The van der Waals surface area contributed by atoms with Crippen LogP contribution < -0.4 is 0 Å². The van der Waals surface area contributed by atoms with Gasteiger partial charge >= 0.3 is 0 Å². The van der Waals surface area contributed by atoms with E-state index in [1.165, 1.54) is 10.9 Å². The maximum atomic E-state index is 12.3. The summed E-state index contributed by atoms with van der Waals surface area (Å²) in [7, 11) is 0. The van der Waals surface area contributed by atoms with E-state index in [2.05, 4.69) is 13.0 Å². The Bertz CT molecular complexity index is 737. The van der Waals surface area contributed by atoms with Gasteiger partial charge in [-0.3, -0.25) is 4.79 Å². The predicted molar refractivity (Wildman–Crippen MR) is 82.1 cm³/mol. The highest BCUT2D eigenvalue weighted by atomic mass is 16.1. The smallest absolute Gasteiger partial charge is 0.182 e. The third-order valence-electron chi connectivity index (χ3n) is 3.68. The topological polar surface area (TPSA) is 22.0 Å². The van der Waals surface area contributed by atoms with E-state index in [1.807, 2.05) is 59.3 Å². The number of hydrogen-bond donors (Lipinski definition) is 0. The van der Waals surface area contributed by atoms with Crippen molar-refractivity contribution < 1.29 is 4.79 Å². The lowest BCUT2D eigenvalue weighted by Gasteiger charge is -2.05. The van der Waals surface area contributed by atoms with Gasteiger partial charge in [0.05, 0.1) is 6.54 Å². The van der Waals surface area contributed by atoms with Crippen LogP contribution in [-0.2, 0) is 13.0 Å². The van der Waals surface area contributed by atoms with Crippen LogP contribution in [0.5, 0.6) is 0 Å². The zero-order valence-corrected chi connectivity index (χ0v) is 11.5. The van der Waals surface area contributed by atoms with Gasteiger partial charge in [-0.25, -0.2) is 0 Å². The summed E-state index contributed by atoms with van der Waals surface area (Å²) in [4.78, 5) is 12.3. The summed E-state index contributed by atoms with van der Waals surface area (Å²) < 4.78 is 2.01. The molecule has 0 spiro atoms. The molecule has 0 aliphatic rings. The van der Waals surface area contributed by atoms with Gasteiger partial charge in [-0.1, -0.05) is 49.4 Å². The number of fused-ring (bicyclic) bond motifs is 1. The monoisotopic (exact) mass is 263 g/mol. The first-order valence-electron chi connectivity index (χ1n) is 6.94. The van der Waals surface area contributed by atoms with E-state index < -0.39 is 0 Å². The van der Waals surface area contributed by atoms with Crippen molar-refractivity contribution in [3.8, 4) is 0 Å². The number of hydrogen-bond acceptors (Lipinski definition) is 1. The van der Waals surface area contributed by atoms with Gasteiger partial charge in [0.25, 0.3) is 0 Å². The van der Waals surface area contributed by atoms with E-state index in [-0.39, 0.29) is 5.78 Å². The van der Waals surface area contributed by atoms with E-state index in [4.69, 9.17) is 0 Å². The lowest BCUT2D eigenvalue weighted by molar-refractivity contribution is 0.0973. The number of rotatable bonds is 4. The van der Waals surface area contributed by atoms with Crippen LogP contribution in [0.25, 0.3) is 10.9 Å². The maximum Gasteiger partial charge on any atom is 0.182 e. The Labute approximate surface area is 118 Å². The average Bonchev–Trinajstić information content (AvgIpc) is 2.91. The van der Waals surface area contributed by atoms with Gasteiger partial charge in [0, 0.05) is 17.3 Å². The largest absolute Gasteiger partial charge is 0.340 e. The number of Topliss-reactive ketones (excluding diaryl/α,β-unsaturated/α-hetero) is 1. The normalized spacial score (nSPS) is 10.8. The molecule has 3 aromatic rings. The minimum Gasteiger partial charge on any atom is -0.340 e. The molecule has 0 radical (unpaired) electrons. The number of carbonyl (C=O) groups excluding carboxylic acids is 1. The molecule has 0 aliphatic heterocycles. The summed E-state index contributed by atoms with van der Waals surface area (Å²) in [5.41, 5.74) is 3.14. The molecule has 0 aliphatic carbocycles. The Hall–Kier alpha value is -2.35. The maximum absolute atomic E-state index is 12.3. The first kappa shape index (κ1) is 12.7. The molecule has 0 bridgehead atoms. The SMILES string of the molecule is CCc1ccc(C(=O)Cn2ccc3ccccc32)cc1. The fourth-order valence-electron chi connectivity index (χ4n) is 2.45. The zero-order chi connectivity index (χ0) is 13.9. The number of para-hydroxylation sites is 1. The molecule has 0 fully saturated rings. The van der Waals surface area contributed by atoms with Gasteiger partial charge in [0.2, 0.25) is 0 Å². The molecular formula is C18H17NO. The molecule has 1 aromatic heterocycles. The Morgan fingerprint density at radius 3 is 2.50 bits per heavy atom. The predicted octanol–water partition coefficient (Wildman–Crippen LogP) is 4.09. The van der Waals surface area contributed by atoms with Crippen molar-refractivity contribution in [3.63, 3.8) is 0 Å². The van der Waals surface area contributed by atoms with Gasteiger partial charge in [-0.15, -0.1) is 0 Å². The molecule has 0 atom stereocenters. The van der Waals surface area contributed by atoms with Crippen molar-refractivity contribution in [1.29, 1.82) is 0 Å². The van der Waals surface area contributed by atoms with Crippen molar-refractivity contribution in [2.24, 2.45) is 0 Å². The molecule has 0 saturated heterocycles. The first-order chi connectivity index (χ1) is 9.78. The second-order valence-corrected chi connectivity index (χ2v) is 4.98. The number of benzene rings is 2. The second kappa shape index (κ2) is 5.33. The first-order valence-corrected chi connectivity index (χ1v) is 6.94. The number of ketones is 1. The van der Waals surface area contributed by atoms with Crippen molar-refractivity contribution in [3.05, 3.63) is 71.9 Å². The van der Waals surface area contributed by atoms with E-state index in [0.717, 1.165) is 17.5 Å². The van der Waals surface area contributed by atoms with Crippen LogP contribution in [0, 0.1) is 0 Å². The summed E-state index contributed by atoms with van der Waals surface area (Å²) in [6.45, 7) is 2.50. The minimum absolute atomic E-state index is 0.147. The average molecular weight is 263 g/mol. The fraction of sp³-hybridized carbons (Fsp3) is 0.167. The van der Waals surface area contributed by atoms with Gasteiger partial charge < -0.3 is 4.57 Å². The molecule has 0 saturated carbocycles. The summed E-state index contributed by atoms with van der Waals surface area (Å²) in [5, 5.41) is 1.17. The highest BCUT2D eigenvalue weighted by molar-refractivity contribution is 5.96. The molecule has 3 rings (SSSR count). The van der Waals surface area contributed by atoms with E-state index in [1.54, 1.807) is 0 Å². The molecule has 20 heavy (non-hydrogen) atoms. The van der Waals surface area contributed by atoms with Crippen LogP contribution in [0.15, 0.2) is 60.8 Å². The van der Waals surface area contributed by atoms with Gasteiger partial charge in [0.1, 0.15) is 0 Å². The Morgan fingerprint density at radius 2 is 1.75 bits per heavy atom. The van der Waals surface area contributed by atoms with E-state index in [9.17, 15) is 4.79 Å². The van der Waals surface area contributed by atoms with Crippen LogP contribution in [0.1, 0.15) is 22.8 Å². The van der Waals surface area contributed by atoms with Gasteiger partial charge in [0.15, 0.2) is 5.78 Å². The van der Waals surface area contributed by atoms with Crippen LogP contribution in [0.4, 0.5) is 0 Å². The molecule has 2 heteroatoms. The Morgan fingerprint density at radius 1 is 1.00 bits per heavy atom. The summed E-state index contributed by atoms with van der Waals surface area (Å²) in [5.74, 6) is 0.147. The second-order valence-electron chi connectivity index (χ2n) is 4.98. The number of nitrogens with zero attached hydrogens (tertiary/aromatic N) is 1. The minimum atomic E-state index is 0.147. The van der Waals surface area contributed by atoms with Gasteiger partial charge in [-0.05, 0) is 29.5 Å². The highest BCUT2D eigenvalue weighted by Crippen LogP contribution is 2.16. The van der Waals surface area contributed by atoms with E-state index >= 15 is 0 Å². The molecule has 0 N–H and O–H groups in total. The quantitative estimate of drug-likeness (QED) is 0.650. The molecule has 0 amide bonds. The third kappa shape index (κ3) is 2.37. The van der Waals surface area contributed by atoms with Crippen molar-refractivity contribution in [2.45, 2.75) is 19.9 Å². The molecular weight excluding hydrogens is 246 g/mol. The lowest BCUT2D eigenvalue weighted by Crippen LogP contribution is -2.09. The van der Waals surface area contributed by atoms with Gasteiger partial charge in [-0.2, -0.15) is 0 Å². The summed E-state index contributed by atoms with van der Waals surface area (Å²) in [6, 6.07) is 18.1. The Balaban J connectivity index is 1.84. The number of aromatic nitrogens is 1. The number of carbonyl (C=O) groups is 1. The Kier molecular flexibility index (Phi) is 3.38. The van der Waals surface area contributed by atoms with Crippen LogP contribution in [0.2, 0.25) is 0 Å². The van der Waals surface area contributed by atoms with Crippen molar-refractivity contribution in [1.82, 2.24) is 4.57 Å². The summed E-state index contributed by atoms with van der Waals surface area (Å²) in [6.07, 6.45) is 2.97. The molecule has 0 unspecified atom stereocenters. The zero-order valence-electron chi connectivity index (χ0n) is 11.5. The lowest BCUT2D eigenvalue weighted by atomic mass is 10.1. The van der Waals surface area contributed by atoms with Crippen molar-refractivity contribution in [2.75, 3.05) is 0 Å². The molecule has 2 aromatic carbocycles. The summed E-state index contributed by atoms with van der Waals surface area (Å²) >= 11 is 0. The highest BCUT2D eigenvalue weighted by Gasteiger charge is 2.08. The van der Waals surface area contributed by atoms with Crippen LogP contribution in [0.3, 0.4) is 0 Å². The van der Waals surface area contributed by atoms with Crippen molar-refractivity contribution >= 4 is 16.7 Å². The van der Waals surface area contributed by atoms with Crippen LogP contribution >= 0.6 is 0 Å². The van der Waals surface area contributed by atoms with Crippen LogP contribution in [-0.4, -0.2) is 10.4 Å². The molecule has 1 heterocycles. The van der Waals surface area contributed by atoms with E-state index in [0.29, 0.717) is 6.54 Å². The fourth-order valence-corrected chi connectivity index (χ4v) is 2.45. The molecule has 100 valence electrons.